The van der Waals surface area contributed by atoms with E-state index in [0.29, 0.717) is 26.7 Å². The van der Waals surface area contributed by atoms with Crippen LogP contribution in [0.1, 0.15) is 15.2 Å². The van der Waals surface area contributed by atoms with E-state index in [1.807, 2.05) is 24.3 Å². The Hall–Kier alpha value is -3.94. The first-order valence-corrected chi connectivity index (χ1v) is 10.3. The number of rotatable bonds is 3. The molecule has 4 heterocycles. The van der Waals surface area contributed by atoms with Crippen LogP contribution >= 0.6 is 22.7 Å². The molecule has 0 aliphatic heterocycles. The minimum absolute atomic E-state index is 0.0516. The van der Waals surface area contributed by atoms with E-state index in [9.17, 15) is 10.1 Å². The number of nitrogens with zero attached hydrogens (tertiary/aromatic N) is 3. The number of thiophene rings is 1. The number of pyridine rings is 1. The van der Waals surface area contributed by atoms with Crippen molar-refractivity contribution < 1.29 is 9.21 Å². The lowest BCUT2D eigenvalue weighted by Crippen LogP contribution is -2.11. The molecule has 0 radical (unpaired) electrons. The van der Waals surface area contributed by atoms with Gasteiger partial charge in [0.25, 0.3) is 5.91 Å². The molecule has 0 aliphatic carbocycles. The largest absolute Gasteiger partial charge is 0.464 e. The number of nitrogens with two attached hydrogens (primary N) is 2. The Morgan fingerprint density at radius 2 is 1.97 bits per heavy atom. The summed E-state index contributed by atoms with van der Waals surface area (Å²) in [5.74, 6) is 0.0705. The Labute approximate surface area is 177 Å². The summed E-state index contributed by atoms with van der Waals surface area (Å²) < 4.78 is 6.45. The number of nitriles is 1. The van der Waals surface area contributed by atoms with Gasteiger partial charge in [0.05, 0.1) is 27.7 Å². The number of thiazole rings is 1. The Morgan fingerprint density at radius 3 is 2.70 bits per heavy atom. The molecule has 0 bridgehead atoms. The second-order valence-electron chi connectivity index (χ2n) is 6.30. The predicted octanol–water partition coefficient (Wildman–Crippen LogP) is 4.45. The number of aromatic nitrogens is 2. The molecule has 5 aromatic rings. The summed E-state index contributed by atoms with van der Waals surface area (Å²) >= 11 is 2.47. The van der Waals surface area contributed by atoms with Crippen LogP contribution in [0.15, 0.2) is 47.1 Å². The lowest BCUT2D eigenvalue weighted by Gasteiger charge is -2.06. The van der Waals surface area contributed by atoms with Crippen molar-refractivity contribution in [2.75, 3.05) is 16.8 Å². The zero-order valence-electron chi connectivity index (χ0n) is 15.2. The summed E-state index contributed by atoms with van der Waals surface area (Å²) in [6, 6.07) is 13.1. The Morgan fingerprint density at radius 1 is 1.13 bits per heavy atom. The first-order valence-electron chi connectivity index (χ1n) is 8.69. The van der Waals surface area contributed by atoms with Gasteiger partial charge in [0.2, 0.25) is 0 Å². The molecule has 30 heavy (non-hydrogen) atoms. The van der Waals surface area contributed by atoms with E-state index in [-0.39, 0.29) is 21.9 Å². The minimum Gasteiger partial charge on any atom is -0.464 e. The maximum Gasteiger partial charge on any atom is 0.269 e. The van der Waals surface area contributed by atoms with Crippen molar-refractivity contribution in [2.24, 2.45) is 0 Å². The SMILES string of the molecule is N#Cc1c(N)nc2sc(C(=O)Nc3nc4ccccc4s3)c(N)c2c1-c1ccco1. The average molecular weight is 432 g/mol. The molecule has 0 saturated heterocycles. The lowest BCUT2D eigenvalue weighted by atomic mass is 10.0. The van der Waals surface area contributed by atoms with Crippen LogP contribution in [-0.2, 0) is 0 Å². The van der Waals surface area contributed by atoms with E-state index in [1.54, 1.807) is 12.1 Å². The second-order valence-corrected chi connectivity index (χ2v) is 8.33. The van der Waals surface area contributed by atoms with Crippen molar-refractivity contribution in [3.63, 3.8) is 0 Å². The average Bonchev–Trinajstić information content (AvgIpc) is 3.45. The van der Waals surface area contributed by atoms with E-state index >= 15 is 0 Å². The number of benzene rings is 1. The summed E-state index contributed by atoms with van der Waals surface area (Å²) in [5.41, 5.74) is 13.9. The van der Waals surface area contributed by atoms with Crippen LogP contribution in [0.5, 0.6) is 0 Å². The van der Waals surface area contributed by atoms with Crippen molar-refractivity contribution in [3.05, 3.63) is 53.1 Å². The van der Waals surface area contributed by atoms with Crippen molar-refractivity contribution >= 4 is 65.7 Å². The van der Waals surface area contributed by atoms with Crippen molar-refractivity contribution in [1.29, 1.82) is 5.26 Å². The molecule has 4 aromatic heterocycles. The molecule has 0 spiro atoms. The van der Waals surface area contributed by atoms with E-state index in [1.165, 1.54) is 17.6 Å². The Bertz CT molecular complexity index is 1440. The van der Waals surface area contributed by atoms with Crippen molar-refractivity contribution in [2.45, 2.75) is 0 Å². The van der Waals surface area contributed by atoms with E-state index < -0.39 is 5.91 Å². The summed E-state index contributed by atoms with van der Waals surface area (Å²) in [6.45, 7) is 0. The van der Waals surface area contributed by atoms with Gasteiger partial charge < -0.3 is 15.9 Å². The number of amides is 1. The molecule has 0 unspecified atom stereocenters. The molecule has 0 saturated carbocycles. The number of hydrogen-bond acceptors (Lipinski definition) is 9. The molecule has 1 amide bonds. The highest BCUT2D eigenvalue weighted by Crippen LogP contribution is 2.43. The zero-order valence-corrected chi connectivity index (χ0v) is 16.8. The second kappa shape index (κ2) is 6.84. The van der Waals surface area contributed by atoms with Gasteiger partial charge in [0.1, 0.15) is 32.9 Å². The van der Waals surface area contributed by atoms with Gasteiger partial charge in [0.15, 0.2) is 5.13 Å². The maximum absolute atomic E-state index is 13.0. The number of anilines is 3. The van der Waals surface area contributed by atoms with Crippen LogP contribution < -0.4 is 16.8 Å². The van der Waals surface area contributed by atoms with Gasteiger partial charge in [-0.3, -0.25) is 10.1 Å². The first kappa shape index (κ1) is 18.1. The molecular formula is C20H12N6O2S2. The molecule has 5 rings (SSSR count). The zero-order chi connectivity index (χ0) is 20.8. The van der Waals surface area contributed by atoms with Gasteiger partial charge in [0, 0.05) is 5.39 Å². The number of nitrogens with one attached hydrogen (secondary N) is 1. The highest BCUT2D eigenvalue weighted by atomic mass is 32.1. The van der Waals surface area contributed by atoms with Crippen LogP contribution in [0, 0.1) is 11.3 Å². The van der Waals surface area contributed by atoms with Crippen LogP contribution in [0.4, 0.5) is 16.6 Å². The smallest absolute Gasteiger partial charge is 0.269 e. The van der Waals surface area contributed by atoms with Crippen LogP contribution in [0.25, 0.3) is 31.8 Å². The molecule has 146 valence electrons. The summed E-state index contributed by atoms with van der Waals surface area (Å²) in [6.07, 6.45) is 1.49. The number of nitrogen functional groups attached to an aromatic ring is 2. The summed E-state index contributed by atoms with van der Waals surface area (Å²) in [5, 5.41) is 13.3. The summed E-state index contributed by atoms with van der Waals surface area (Å²) in [7, 11) is 0. The highest BCUT2D eigenvalue weighted by Gasteiger charge is 2.25. The van der Waals surface area contributed by atoms with Gasteiger partial charge in [-0.2, -0.15) is 5.26 Å². The van der Waals surface area contributed by atoms with Gasteiger partial charge >= 0.3 is 0 Å². The van der Waals surface area contributed by atoms with Gasteiger partial charge in [-0.25, -0.2) is 9.97 Å². The molecule has 10 heteroatoms. The fourth-order valence-electron chi connectivity index (χ4n) is 3.20. The van der Waals surface area contributed by atoms with Crippen LogP contribution in [0.3, 0.4) is 0 Å². The lowest BCUT2D eigenvalue weighted by molar-refractivity contribution is 0.103. The number of carbonyl (C=O) groups excluding carboxylic acids is 1. The van der Waals surface area contributed by atoms with Crippen LogP contribution in [-0.4, -0.2) is 15.9 Å². The number of para-hydroxylation sites is 1. The fourth-order valence-corrected chi connectivity index (χ4v) is 5.07. The fraction of sp³-hybridized carbons (Fsp3) is 0. The molecule has 5 N–H and O–H groups in total. The molecule has 1 aromatic carbocycles. The quantitative estimate of drug-likeness (QED) is 0.382. The standard InChI is InChI=1S/C20H12N6O2S2/c21-8-9-13(11-5-3-7-28-11)14-15(22)16(30-19(14)25-17(9)23)18(27)26-20-24-10-4-1-2-6-12(10)29-20/h1-7H,22H2,(H2,23,25)(H,24,26,27). The van der Waals surface area contributed by atoms with Gasteiger partial charge in [-0.05, 0) is 24.3 Å². The third kappa shape index (κ3) is 2.76. The number of furan rings is 1. The number of fused-ring (bicyclic) bond motifs is 2. The van der Waals surface area contributed by atoms with Crippen molar-refractivity contribution in [3.8, 4) is 17.4 Å². The minimum atomic E-state index is -0.406. The van der Waals surface area contributed by atoms with E-state index in [0.717, 1.165) is 21.6 Å². The monoisotopic (exact) mass is 432 g/mol. The highest BCUT2D eigenvalue weighted by molar-refractivity contribution is 7.23. The van der Waals surface area contributed by atoms with Gasteiger partial charge in [-0.15, -0.1) is 11.3 Å². The molecule has 8 nitrogen and oxygen atoms in total. The van der Waals surface area contributed by atoms with E-state index in [4.69, 9.17) is 15.9 Å². The normalized spacial score (nSPS) is 11.0. The Balaban J connectivity index is 1.63. The molecule has 0 aliphatic rings. The molecule has 0 atom stereocenters. The van der Waals surface area contributed by atoms with Crippen LogP contribution in [0.2, 0.25) is 0 Å². The van der Waals surface area contributed by atoms with Crippen molar-refractivity contribution in [1.82, 2.24) is 9.97 Å². The topological polar surface area (TPSA) is 144 Å². The molecule has 0 fully saturated rings. The third-order valence-corrected chi connectivity index (χ3v) is 6.55. The molecular weight excluding hydrogens is 420 g/mol. The number of hydrogen-bond donors (Lipinski definition) is 3. The Kier molecular flexibility index (Phi) is 4.13. The van der Waals surface area contributed by atoms with Gasteiger partial charge in [-0.1, -0.05) is 23.5 Å². The third-order valence-electron chi connectivity index (χ3n) is 4.50. The van der Waals surface area contributed by atoms with E-state index in [2.05, 4.69) is 21.4 Å². The summed E-state index contributed by atoms with van der Waals surface area (Å²) in [4.78, 5) is 22.4. The number of carbonyl (C=O) groups is 1. The predicted molar refractivity (Wildman–Crippen MR) is 118 cm³/mol. The maximum atomic E-state index is 13.0. The first-order chi connectivity index (χ1) is 14.6.